The van der Waals surface area contributed by atoms with E-state index in [-0.39, 0.29) is 11.6 Å². The van der Waals surface area contributed by atoms with Crippen LogP contribution in [0.5, 0.6) is 0 Å². The van der Waals surface area contributed by atoms with Gasteiger partial charge in [-0.2, -0.15) is 0 Å². The minimum atomic E-state index is -0.180. The molecular formula is C14H18N2O2. The van der Waals surface area contributed by atoms with E-state index in [1.165, 1.54) is 11.1 Å². The summed E-state index contributed by atoms with van der Waals surface area (Å²) in [5, 5.41) is 3.33. The summed E-state index contributed by atoms with van der Waals surface area (Å²) in [6.45, 7) is 5.02. The van der Waals surface area contributed by atoms with Crippen LogP contribution in [0.15, 0.2) is 24.3 Å². The Morgan fingerprint density at radius 3 is 3.11 bits per heavy atom. The van der Waals surface area contributed by atoms with Crippen molar-refractivity contribution in [3.05, 3.63) is 35.4 Å². The minimum Gasteiger partial charge on any atom is -0.447 e. The van der Waals surface area contributed by atoms with E-state index in [2.05, 4.69) is 30.4 Å². The second-order valence-electron chi connectivity index (χ2n) is 5.28. The molecule has 2 aliphatic heterocycles. The van der Waals surface area contributed by atoms with Crippen molar-refractivity contribution in [3.8, 4) is 0 Å². The van der Waals surface area contributed by atoms with Crippen molar-refractivity contribution in [2.45, 2.75) is 25.4 Å². The van der Waals surface area contributed by atoms with Crippen LogP contribution in [0.25, 0.3) is 0 Å². The topological polar surface area (TPSA) is 41.6 Å². The van der Waals surface area contributed by atoms with Gasteiger partial charge in [0, 0.05) is 13.1 Å². The Morgan fingerprint density at radius 1 is 1.50 bits per heavy atom. The van der Waals surface area contributed by atoms with Gasteiger partial charge >= 0.3 is 6.09 Å². The van der Waals surface area contributed by atoms with Crippen molar-refractivity contribution >= 4 is 6.09 Å². The minimum absolute atomic E-state index is 0.124. The van der Waals surface area contributed by atoms with Gasteiger partial charge in [0.25, 0.3) is 0 Å². The van der Waals surface area contributed by atoms with Gasteiger partial charge in [-0.05, 0) is 25.5 Å². The van der Waals surface area contributed by atoms with E-state index in [0.717, 1.165) is 19.5 Å². The van der Waals surface area contributed by atoms with Crippen molar-refractivity contribution in [3.63, 3.8) is 0 Å². The lowest BCUT2D eigenvalue weighted by Crippen LogP contribution is -2.48. The highest BCUT2D eigenvalue weighted by Crippen LogP contribution is 2.31. The number of cyclic esters (lactones) is 1. The summed E-state index contributed by atoms with van der Waals surface area (Å²) in [6.07, 6.45) is 0.796. The number of ether oxygens (including phenoxy) is 1. The molecule has 1 amide bonds. The number of hydrogen-bond acceptors (Lipinski definition) is 3. The highest BCUT2D eigenvalue weighted by atomic mass is 16.6. The lowest BCUT2D eigenvalue weighted by molar-refractivity contribution is 0.150. The molecule has 0 aromatic heterocycles. The molecule has 96 valence electrons. The predicted molar refractivity (Wildman–Crippen MR) is 68.3 cm³/mol. The average Bonchev–Trinajstić information content (AvgIpc) is 2.93. The Labute approximate surface area is 107 Å². The summed E-state index contributed by atoms with van der Waals surface area (Å²) in [5.74, 6) is 0. The fourth-order valence-electron chi connectivity index (χ4n) is 2.85. The van der Waals surface area contributed by atoms with Gasteiger partial charge in [0.15, 0.2) is 0 Å². The van der Waals surface area contributed by atoms with Gasteiger partial charge in [0.2, 0.25) is 0 Å². The van der Waals surface area contributed by atoms with Gasteiger partial charge in [-0.15, -0.1) is 0 Å². The molecule has 4 nitrogen and oxygen atoms in total. The molecule has 1 atom stereocenters. The predicted octanol–water partition coefficient (Wildman–Crippen LogP) is 1.68. The number of rotatable bonds is 2. The SMILES string of the molecule is Cc1cccc(CN2C(=O)OCC23CCNC3)c1. The summed E-state index contributed by atoms with van der Waals surface area (Å²) < 4.78 is 5.25. The maximum absolute atomic E-state index is 11.9. The Balaban J connectivity index is 1.83. The molecule has 1 aromatic rings. The molecule has 2 fully saturated rings. The second-order valence-corrected chi connectivity index (χ2v) is 5.28. The summed E-state index contributed by atoms with van der Waals surface area (Å²) in [4.78, 5) is 13.8. The third-order valence-corrected chi connectivity index (χ3v) is 3.90. The highest BCUT2D eigenvalue weighted by Gasteiger charge is 2.48. The molecule has 0 aliphatic carbocycles. The molecule has 1 aromatic carbocycles. The zero-order valence-corrected chi connectivity index (χ0v) is 10.6. The van der Waals surface area contributed by atoms with Crippen LogP contribution >= 0.6 is 0 Å². The first-order valence-corrected chi connectivity index (χ1v) is 6.40. The van der Waals surface area contributed by atoms with E-state index < -0.39 is 0 Å². The fourth-order valence-corrected chi connectivity index (χ4v) is 2.85. The monoisotopic (exact) mass is 246 g/mol. The van der Waals surface area contributed by atoms with E-state index in [1.54, 1.807) is 0 Å². The Hall–Kier alpha value is -1.55. The number of nitrogens with zero attached hydrogens (tertiary/aromatic N) is 1. The zero-order chi connectivity index (χ0) is 12.6. The van der Waals surface area contributed by atoms with E-state index in [4.69, 9.17) is 4.74 Å². The van der Waals surface area contributed by atoms with Gasteiger partial charge in [0.05, 0.1) is 5.54 Å². The molecular weight excluding hydrogens is 228 g/mol. The molecule has 2 aliphatic rings. The number of nitrogens with one attached hydrogen (secondary N) is 1. The Bertz CT molecular complexity index is 467. The summed E-state index contributed by atoms with van der Waals surface area (Å²) in [7, 11) is 0. The molecule has 1 N–H and O–H groups in total. The van der Waals surface area contributed by atoms with Crippen molar-refractivity contribution < 1.29 is 9.53 Å². The third kappa shape index (κ3) is 1.86. The standard InChI is InChI=1S/C14H18N2O2/c1-11-3-2-4-12(7-11)8-16-13(17)18-10-14(16)5-6-15-9-14/h2-4,7,15H,5-6,8-10H2,1H3. The van der Waals surface area contributed by atoms with Gasteiger partial charge in [-0.25, -0.2) is 4.79 Å². The number of carbonyl (C=O) groups excluding carboxylic acids is 1. The van der Waals surface area contributed by atoms with Gasteiger partial charge in [-0.3, -0.25) is 4.90 Å². The van der Waals surface area contributed by atoms with Crippen LogP contribution in [0, 0.1) is 6.92 Å². The van der Waals surface area contributed by atoms with Crippen LogP contribution in [0.4, 0.5) is 4.79 Å². The lowest BCUT2D eigenvalue weighted by atomic mass is 9.98. The summed E-state index contributed by atoms with van der Waals surface area (Å²) in [5.41, 5.74) is 2.26. The first-order chi connectivity index (χ1) is 8.70. The maximum atomic E-state index is 11.9. The number of amides is 1. The van der Waals surface area contributed by atoms with Crippen LogP contribution in [-0.2, 0) is 11.3 Å². The van der Waals surface area contributed by atoms with Crippen LogP contribution in [0.3, 0.4) is 0 Å². The first kappa shape index (κ1) is 11.5. The quantitative estimate of drug-likeness (QED) is 0.863. The molecule has 1 spiro atoms. The molecule has 0 saturated carbocycles. The lowest BCUT2D eigenvalue weighted by Gasteiger charge is -2.30. The fraction of sp³-hybridized carbons (Fsp3) is 0.500. The number of aryl methyl sites for hydroxylation is 1. The van der Waals surface area contributed by atoms with Crippen molar-refractivity contribution in [1.82, 2.24) is 10.2 Å². The second kappa shape index (κ2) is 4.28. The summed E-state index contributed by atoms with van der Waals surface area (Å²) in [6, 6.07) is 8.29. The van der Waals surface area contributed by atoms with E-state index in [0.29, 0.717) is 13.2 Å². The highest BCUT2D eigenvalue weighted by molar-refractivity contribution is 5.71. The van der Waals surface area contributed by atoms with Crippen molar-refractivity contribution in [2.75, 3.05) is 19.7 Å². The number of hydrogen-bond donors (Lipinski definition) is 1. The first-order valence-electron chi connectivity index (χ1n) is 6.40. The molecule has 2 heterocycles. The van der Waals surface area contributed by atoms with Crippen LogP contribution in [0.2, 0.25) is 0 Å². The average molecular weight is 246 g/mol. The molecule has 2 saturated heterocycles. The largest absolute Gasteiger partial charge is 0.447 e. The zero-order valence-electron chi connectivity index (χ0n) is 10.6. The van der Waals surface area contributed by atoms with Gasteiger partial charge < -0.3 is 10.1 Å². The Kier molecular flexibility index (Phi) is 2.74. The van der Waals surface area contributed by atoms with E-state index in [9.17, 15) is 4.79 Å². The molecule has 0 radical (unpaired) electrons. The molecule has 18 heavy (non-hydrogen) atoms. The smallest absolute Gasteiger partial charge is 0.410 e. The Morgan fingerprint density at radius 2 is 2.39 bits per heavy atom. The molecule has 0 bridgehead atoms. The van der Waals surface area contributed by atoms with Crippen molar-refractivity contribution in [2.24, 2.45) is 0 Å². The number of carbonyl (C=O) groups is 1. The molecule has 3 rings (SSSR count). The van der Waals surface area contributed by atoms with E-state index in [1.807, 2.05) is 11.0 Å². The number of benzene rings is 1. The normalized spacial score (nSPS) is 26.9. The van der Waals surface area contributed by atoms with Crippen LogP contribution in [-0.4, -0.2) is 36.2 Å². The van der Waals surface area contributed by atoms with Gasteiger partial charge in [0.1, 0.15) is 6.61 Å². The van der Waals surface area contributed by atoms with Crippen LogP contribution in [0.1, 0.15) is 17.5 Å². The summed E-state index contributed by atoms with van der Waals surface area (Å²) >= 11 is 0. The van der Waals surface area contributed by atoms with Gasteiger partial charge in [-0.1, -0.05) is 29.8 Å². The van der Waals surface area contributed by atoms with Crippen LogP contribution < -0.4 is 5.32 Å². The molecule has 4 heteroatoms. The molecule has 1 unspecified atom stereocenters. The maximum Gasteiger partial charge on any atom is 0.410 e. The third-order valence-electron chi connectivity index (χ3n) is 3.90. The van der Waals surface area contributed by atoms with Crippen molar-refractivity contribution in [1.29, 1.82) is 0 Å². The van der Waals surface area contributed by atoms with E-state index >= 15 is 0 Å².